The van der Waals surface area contributed by atoms with Crippen LogP contribution in [0.25, 0.3) is 10.2 Å². The molecule has 3 aromatic heterocycles. The highest BCUT2D eigenvalue weighted by molar-refractivity contribution is 7.19. The molecule has 4 rings (SSSR count). The topological polar surface area (TPSA) is 77.2 Å². The number of anilines is 1. The van der Waals surface area contributed by atoms with Gasteiger partial charge in [0.05, 0.1) is 23.4 Å². The standard InChI is InChI=1S/C18H20ClN5OS/c19-18-22-15-10-14(2-1-13-9-12(11-20)3-4-21-13)26-16(15)17(23-18)24-5-7-25-8-6-24/h3-4,9-10H,1-2,5-8,11,20H2. The summed E-state index contributed by atoms with van der Waals surface area (Å²) in [5.41, 5.74) is 8.79. The zero-order valence-corrected chi connectivity index (χ0v) is 15.9. The second kappa shape index (κ2) is 7.84. The van der Waals surface area contributed by atoms with Gasteiger partial charge in [-0.25, -0.2) is 4.98 Å². The fourth-order valence-electron chi connectivity index (χ4n) is 3.09. The Labute approximate surface area is 161 Å². The highest BCUT2D eigenvalue weighted by Gasteiger charge is 2.19. The lowest BCUT2D eigenvalue weighted by molar-refractivity contribution is 0.122. The van der Waals surface area contributed by atoms with Crippen LogP contribution in [0.5, 0.6) is 0 Å². The molecule has 4 heterocycles. The van der Waals surface area contributed by atoms with Crippen LogP contribution < -0.4 is 10.6 Å². The van der Waals surface area contributed by atoms with Gasteiger partial charge in [0.25, 0.3) is 0 Å². The molecule has 1 fully saturated rings. The lowest BCUT2D eigenvalue weighted by Crippen LogP contribution is -2.36. The first-order valence-corrected chi connectivity index (χ1v) is 9.85. The minimum atomic E-state index is 0.292. The molecule has 0 unspecified atom stereocenters. The van der Waals surface area contributed by atoms with E-state index in [1.54, 1.807) is 11.3 Å². The van der Waals surface area contributed by atoms with Gasteiger partial charge in [-0.05, 0) is 48.2 Å². The smallest absolute Gasteiger partial charge is 0.224 e. The molecule has 1 saturated heterocycles. The Morgan fingerprint density at radius 3 is 2.85 bits per heavy atom. The van der Waals surface area contributed by atoms with E-state index in [1.165, 1.54) is 4.88 Å². The molecule has 8 heteroatoms. The quantitative estimate of drug-likeness (QED) is 0.676. The van der Waals surface area contributed by atoms with Gasteiger partial charge < -0.3 is 15.4 Å². The Bertz CT molecular complexity index is 910. The van der Waals surface area contributed by atoms with E-state index in [-0.39, 0.29) is 0 Å². The Morgan fingerprint density at radius 2 is 2.04 bits per heavy atom. The molecule has 0 amide bonds. The molecule has 0 saturated carbocycles. The first-order valence-electron chi connectivity index (χ1n) is 8.65. The molecule has 0 aromatic carbocycles. The summed E-state index contributed by atoms with van der Waals surface area (Å²) in [6.07, 6.45) is 3.60. The molecule has 136 valence electrons. The Morgan fingerprint density at radius 1 is 1.19 bits per heavy atom. The van der Waals surface area contributed by atoms with Crippen molar-refractivity contribution in [2.24, 2.45) is 5.73 Å². The molecule has 0 bridgehead atoms. The fraction of sp³-hybridized carbons (Fsp3) is 0.389. The number of rotatable bonds is 5. The number of ether oxygens (including phenoxy) is 1. The largest absolute Gasteiger partial charge is 0.378 e. The lowest BCUT2D eigenvalue weighted by atomic mass is 10.1. The number of hydrogen-bond acceptors (Lipinski definition) is 7. The molecule has 2 N–H and O–H groups in total. The van der Waals surface area contributed by atoms with E-state index < -0.39 is 0 Å². The van der Waals surface area contributed by atoms with Crippen LogP contribution in [0.3, 0.4) is 0 Å². The molecular weight excluding hydrogens is 370 g/mol. The molecule has 0 spiro atoms. The van der Waals surface area contributed by atoms with Crippen molar-refractivity contribution in [2.75, 3.05) is 31.2 Å². The molecular formula is C18H20ClN5OS. The third-order valence-electron chi connectivity index (χ3n) is 4.43. The van der Waals surface area contributed by atoms with Crippen molar-refractivity contribution in [3.8, 4) is 0 Å². The maximum atomic E-state index is 6.16. The first-order chi connectivity index (χ1) is 12.7. The van der Waals surface area contributed by atoms with E-state index in [2.05, 4.69) is 32.0 Å². The minimum absolute atomic E-state index is 0.292. The van der Waals surface area contributed by atoms with Crippen LogP contribution in [0, 0.1) is 0 Å². The number of hydrogen-bond donors (Lipinski definition) is 1. The van der Waals surface area contributed by atoms with Crippen LogP contribution in [0.15, 0.2) is 24.4 Å². The van der Waals surface area contributed by atoms with Gasteiger partial charge in [0.2, 0.25) is 5.28 Å². The van der Waals surface area contributed by atoms with E-state index in [9.17, 15) is 0 Å². The summed E-state index contributed by atoms with van der Waals surface area (Å²) < 4.78 is 6.54. The lowest BCUT2D eigenvalue weighted by Gasteiger charge is -2.28. The molecule has 3 aromatic rings. The van der Waals surface area contributed by atoms with Gasteiger partial charge in [-0.2, -0.15) is 4.98 Å². The van der Waals surface area contributed by atoms with Crippen LogP contribution >= 0.6 is 22.9 Å². The van der Waals surface area contributed by atoms with E-state index in [4.69, 9.17) is 22.1 Å². The highest BCUT2D eigenvalue weighted by atomic mass is 35.5. The molecule has 26 heavy (non-hydrogen) atoms. The molecule has 6 nitrogen and oxygen atoms in total. The van der Waals surface area contributed by atoms with Gasteiger partial charge in [0.1, 0.15) is 0 Å². The Hall–Kier alpha value is -1.80. The van der Waals surface area contributed by atoms with Crippen molar-refractivity contribution in [1.29, 1.82) is 0 Å². The van der Waals surface area contributed by atoms with Crippen molar-refractivity contribution in [3.05, 3.63) is 45.8 Å². The summed E-state index contributed by atoms with van der Waals surface area (Å²) in [4.78, 5) is 16.8. The van der Waals surface area contributed by atoms with Crippen molar-refractivity contribution in [1.82, 2.24) is 15.0 Å². The van der Waals surface area contributed by atoms with E-state index in [0.29, 0.717) is 25.0 Å². The average molecular weight is 390 g/mol. The van der Waals surface area contributed by atoms with Crippen LogP contribution in [-0.2, 0) is 24.1 Å². The van der Waals surface area contributed by atoms with Crippen molar-refractivity contribution >= 4 is 39.0 Å². The van der Waals surface area contributed by atoms with Crippen LogP contribution in [0.1, 0.15) is 16.1 Å². The van der Waals surface area contributed by atoms with Gasteiger partial charge in [-0.15, -0.1) is 11.3 Å². The fourth-order valence-corrected chi connectivity index (χ4v) is 4.38. The number of thiophene rings is 1. The SMILES string of the molecule is NCc1ccnc(CCc2cc3nc(Cl)nc(N4CCOCC4)c3s2)c1. The zero-order chi connectivity index (χ0) is 17.9. The average Bonchev–Trinajstić information content (AvgIpc) is 3.09. The summed E-state index contributed by atoms with van der Waals surface area (Å²) in [6, 6.07) is 6.14. The third-order valence-corrected chi connectivity index (χ3v) is 5.78. The second-order valence-electron chi connectivity index (χ2n) is 6.20. The Kier molecular flexibility index (Phi) is 5.31. The number of aryl methyl sites for hydroxylation is 2. The number of nitrogens with zero attached hydrogens (tertiary/aromatic N) is 4. The summed E-state index contributed by atoms with van der Waals surface area (Å²) in [5.74, 6) is 0.919. The predicted octanol–water partition coefficient (Wildman–Crippen LogP) is 2.82. The number of pyridine rings is 1. The summed E-state index contributed by atoms with van der Waals surface area (Å²) >= 11 is 7.90. The summed E-state index contributed by atoms with van der Waals surface area (Å²) in [5, 5.41) is 0.292. The second-order valence-corrected chi connectivity index (χ2v) is 7.68. The summed E-state index contributed by atoms with van der Waals surface area (Å²) in [7, 11) is 0. The zero-order valence-electron chi connectivity index (χ0n) is 14.3. The van der Waals surface area contributed by atoms with E-state index in [0.717, 1.165) is 53.2 Å². The maximum Gasteiger partial charge on any atom is 0.224 e. The van der Waals surface area contributed by atoms with Crippen LogP contribution in [0.2, 0.25) is 5.28 Å². The van der Waals surface area contributed by atoms with Gasteiger partial charge in [0.15, 0.2) is 5.82 Å². The van der Waals surface area contributed by atoms with Crippen LogP contribution in [-0.4, -0.2) is 41.3 Å². The molecule has 0 radical (unpaired) electrons. The van der Waals surface area contributed by atoms with Crippen molar-refractivity contribution in [3.63, 3.8) is 0 Å². The normalized spacial score (nSPS) is 14.9. The molecule has 0 atom stereocenters. The van der Waals surface area contributed by atoms with Crippen molar-refractivity contribution in [2.45, 2.75) is 19.4 Å². The minimum Gasteiger partial charge on any atom is -0.378 e. The number of morpholine rings is 1. The molecule has 1 aliphatic heterocycles. The monoisotopic (exact) mass is 389 g/mol. The van der Waals surface area contributed by atoms with Gasteiger partial charge in [0, 0.05) is 36.4 Å². The number of halogens is 1. The first kappa shape index (κ1) is 17.6. The maximum absolute atomic E-state index is 6.16. The van der Waals surface area contributed by atoms with Crippen molar-refractivity contribution < 1.29 is 4.74 Å². The molecule has 1 aliphatic rings. The molecule has 0 aliphatic carbocycles. The number of aromatic nitrogens is 3. The van der Waals surface area contributed by atoms with Gasteiger partial charge >= 0.3 is 0 Å². The van der Waals surface area contributed by atoms with E-state index in [1.807, 2.05) is 12.3 Å². The highest BCUT2D eigenvalue weighted by Crippen LogP contribution is 2.33. The third kappa shape index (κ3) is 3.81. The van der Waals surface area contributed by atoms with Gasteiger partial charge in [-0.1, -0.05) is 0 Å². The number of nitrogens with two attached hydrogens (primary N) is 1. The summed E-state index contributed by atoms with van der Waals surface area (Å²) in [6.45, 7) is 3.61. The predicted molar refractivity (Wildman–Crippen MR) is 105 cm³/mol. The Balaban J connectivity index is 1.58. The van der Waals surface area contributed by atoms with E-state index >= 15 is 0 Å². The number of fused-ring (bicyclic) bond motifs is 1. The van der Waals surface area contributed by atoms with Gasteiger partial charge in [-0.3, -0.25) is 4.98 Å². The van der Waals surface area contributed by atoms with Crippen LogP contribution in [0.4, 0.5) is 5.82 Å².